The molecule has 1 saturated heterocycles. The Kier molecular flexibility index (Phi) is 5.98. The van der Waals surface area contributed by atoms with Gasteiger partial charge in [0.25, 0.3) is 0 Å². The number of nitrogens with zero attached hydrogens (tertiary/aromatic N) is 2. The maximum Gasteiger partial charge on any atom is 0.237 e. The number of hydrogen-bond donors (Lipinski definition) is 2. The minimum atomic E-state index is -0.0796. The van der Waals surface area contributed by atoms with Gasteiger partial charge >= 0.3 is 0 Å². The van der Waals surface area contributed by atoms with Crippen molar-refractivity contribution in [2.24, 2.45) is 17.8 Å². The Morgan fingerprint density at radius 1 is 1.00 bits per heavy atom. The van der Waals surface area contributed by atoms with Gasteiger partial charge in [-0.1, -0.05) is 6.92 Å². The first-order chi connectivity index (χ1) is 13.5. The van der Waals surface area contributed by atoms with Crippen molar-refractivity contribution < 1.29 is 9.59 Å². The fourth-order valence-electron chi connectivity index (χ4n) is 6.63. The Hall–Kier alpha value is -1.14. The van der Waals surface area contributed by atoms with E-state index in [1.54, 1.807) is 0 Å². The predicted octanol–water partition coefficient (Wildman–Crippen LogP) is 1.60. The number of carbonyl (C=O) groups excluding carboxylic acids is 2. The summed E-state index contributed by atoms with van der Waals surface area (Å²) in [6.07, 6.45) is 8.79. The van der Waals surface area contributed by atoms with Gasteiger partial charge in [-0.05, 0) is 69.6 Å². The Labute approximate surface area is 169 Å². The number of amides is 2. The Balaban J connectivity index is 1.24. The van der Waals surface area contributed by atoms with E-state index in [2.05, 4.69) is 34.3 Å². The first-order valence-corrected chi connectivity index (χ1v) is 11.5. The zero-order valence-electron chi connectivity index (χ0n) is 17.7. The Morgan fingerprint density at radius 3 is 2.11 bits per heavy atom. The molecule has 0 spiro atoms. The molecular weight excluding hydrogens is 352 g/mol. The maximum atomic E-state index is 13.1. The molecule has 2 amide bonds. The molecule has 0 unspecified atom stereocenters. The van der Waals surface area contributed by atoms with Crippen molar-refractivity contribution in [3.05, 3.63) is 0 Å². The molecule has 0 aromatic rings. The largest absolute Gasteiger partial charge is 0.355 e. The molecule has 4 aliphatic carbocycles. The molecule has 5 fully saturated rings. The molecule has 0 aromatic carbocycles. The highest BCUT2D eigenvalue weighted by Crippen LogP contribution is 2.55. The number of piperazine rings is 1. The third-order valence-electron chi connectivity index (χ3n) is 7.70. The van der Waals surface area contributed by atoms with Gasteiger partial charge in [-0.2, -0.15) is 0 Å². The average Bonchev–Trinajstić information content (AvgIpc) is 2.65. The maximum absolute atomic E-state index is 13.1. The molecule has 1 aliphatic heterocycles. The summed E-state index contributed by atoms with van der Waals surface area (Å²) in [5.74, 6) is 2.89. The van der Waals surface area contributed by atoms with Crippen molar-refractivity contribution >= 4 is 11.8 Å². The highest BCUT2D eigenvalue weighted by molar-refractivity contribution is 5.82. The van der Waals surface area contributed by atoms with Gasteiger partial charge in [-0.25, -0.2) is 0 Å². The summed E-state index contributed by atoms with van der Waals surface area (Å²) in [5, 5.41) is 6.48. The molecule has 0 radical (unpaired) electrons. The molecule has 1 atom stereocenters. The van der Waals surface area contributed by atoms with Crippen LogP contribution in [0.15, 0.2) is 0 Å². The van der Waals surface area contributed by atoms with E-state index in [1.807, 2.05) is 0 Å². The second-order valence-electron chi connectivity index (χ2n) is 10.0. The molecule has 2 N–H and O–H groups in total. The second kappa shape index (κ2) is 8.31. The van der Waals surface area contributed by atoms with Crippen molar-refractivity contribution in [1.29, 1.82) is 0 Å². The zero-order chi connectivity index (χ0) is 19.7. The van der Waals surface area contributed by atoms with Gasteiger partial charge in [0.15, 0.2) is 0 Å². The first kappa shape index (κ1) is 20.1. The lowest BCUT2D eigenvalue weighted by atomic mass is 9.53. The number of hydrogen-bond acceptors (Lipinski definition) is 4. The number of carbonyl (C=O) groups is 2. The molecule has 4 bridgehead atoms. The summed E-state index contributed by atoms with van der Waals surface area (Å²) >= 11 is 0. The van der Waals surface area contributed by atoms with E-state index in [1.165, 1.54) is 38.5 Å². The van der Waals surface area contributed by atoms with Crippen molar-refractivity contribution in [3.8, 4) is 0 Å². The number of rotatable bonds is 7. The summed E-state index contributed by atoms with van der Waals surface area (Å²) in [5.41, 5.74) is 0.0965. The monoisotopic (exact) mass is 390 g/mol. The van der Waals surface area contributed by atoms with Crippen LogP contribution in [-0.4, -0.2) is 72.5 Å². The van der Waals surface area contributed by atoms with Gasteiger partial charge in [-0.15, -0.1) is 0 Å². The van der Waals surface area contributed by atoms with Crippen LogP contribution in [0.1, 0.15) is 58.8 Å². The fourth-order valence-corrected chi connectivity index (χ4v) is 6.63. The van der Waals surface area contributed by atoms with E-state index in [0.29, 0.717) is 6.54 Å². The summed E-state index contributed by atoms with van der Waals surface area (Å²) in [6.45, 7) is 8.77. The van der Waals surface area contributed by atoms with Crippen LogP contribution in [0.3, 0.4) is 0 Å². The van der Waals surface area contributed by atoms with Gasteiger partial charge in [0.2, 0.25) is 11.8 Å². The minimum absolute atomic E-state index is 0.0796. The summed E-state index contributed by atoms with van der Waals surface area (Å²) in [4.78, 5) is 29.5. The van der Waals surface area contributed by atoms with Gasteiger partial charge in [0.05, 0.1) is 12.6 Å². The van der Waals surface area contributed by atoms with Crippen molar-refractivity contribution in [2.75, 3.05) is 39.3 Å². The van der Waals surface area contributed by atoms with Crippen LogP contribution < -0.4 is 10.6 Å². The van der Waals surface area contributed by atoms with Crippen molar-refractivity contribution in [2.45, 2.75) is 70.4 Å². The first-order valence-electron chi connectivity index (χ1n) is 11.5. The lowest BCUT2D eigenvalue weighted by molar-refractivity contribution is -0.133. The predicted molar refractivity (Wildman–Crippen MR) is 110 cm³/mol. The van der Waals surface area contributed by atoms with Crippen LogP contribution >= 0.6 is 0 Å². The topological polar surface area (TPSA) is 64.7 Å². The molecule has 1 heterocycles. The van der Waals surface area contributed by atoms with E-state index >= 15 is 0 Å². The summed E-state index contributed by atoms with van der Waals surface area (Å²) in [6, 6.07) is -0.0796. The Morgan fingerprint density at radius 2 is 1.57 bits per heavy atom. The molecule has 28 heavy (non-hydrogen) atoms. The van der Waals surface area contributed by atoms with E-state index in [9.17, 15) is 9.59 Å². The summed E-state index contributed by atoms with van der Waals surface area (Å²) in [7, 11) is 0. The normalized spacial score (nSPS) is 36.3. The molecule has 6 nitrogen and oxygen atoms in total. The minimum Gasteiger partial charge on any atom is -0.355 e. The molecule has 4 saturated carbocycles. The highest BCUT2D eigenvalue weighted by atomic mass is 16.2. The zero-order valence-corrected chi connectivity index (χ0v) is 17.7. The molecule has 158 valence electrons. The van der Waals surface area contributed by atoms with E-state index in [0.717, 1.165) is 56.9 Å². The van der Waals surface area contributed by atoms with Crippen LogP contribution in [0.5, 0.6) is 0 Å². The SMILES string of the molecule is CCCNC(=O)CN1CCN([C@H](C)C(=O)NC23CC4CC(CC(C4)C2)C3)CC1. The van der Waals surface area contributed by atoms with E-state index in [-0.39, 0.29) is 23.4 Å². The van der Waals surface area contributed by atoms with Crippen LogP contribution in [0.25, 0.3) is 0 Å². The van der Waals surface area contributed by atoms with E-state index in [4.69, 9.17) is 0 Å². The van der Waals surface area contributed by atoms with E-state index < -0.39 is 0 Å². The molecule has 5 rings (SSSR count). The van der Waals surface area contributed by atoms with Crippen molar-refractivity contribution in [3.63, 3.8) is 0 Å². The molecular formula is C22H38N4O2. The molecule has 6 heteroatoms. The third-order valence-corrected chi connectivity index (χ3v) is 7.70. The lowest BCUT2D eigenvalue weighted by Crippen LogP contribution is -2.63. The number of nitrogens with one attached hydrogen (secondary N) is 2. The van der Waals surface area contributed by atoms with Gasteiger partial charge in [0.1, 0.15) is 0 Å². The quantitative estimate of drug-likeness (QED) is 0.693. The van der Waals surface area contributed by atoms with Gasteiger partial charge in [0, 0.05) is 38.3 Å². The van der Waals surface area contributed by atoms with Crippen LogP contribution in [-0.2, 0) is 9.59 Å². The second-order valence-corrected chi connectivity index (χ2v) is 10.0. The van der Waals surface area contributed by atoms with Crippen LogP contribution in [0.2, 0.25) is 0 Å². The molecule has 0 aromatic heterocycles. The Bertz CT molecular complexity index is 550. The van der Waals surface area contributed by atoms with Crippen LogP contribution in [0, 0.1) is 17.8 Å². The molecule has 5 aliphatic rings. The van der Waals surface area contributed by atoms with Crippen molar-refractivity contribution in [1.82, 2.24) is 20.4 Å². The third kappa shape index (κ3) is 4.38. The smallest absolute Gasteiger partial charge is 0.237 e. The average molecular weight is 391 g/mol. The lowest BCUT2D eigenvalue weighted by Gasteiger charge is -2.57. The fraction of sp³-hybridized carbons (Fsp3) is 0.909. The van der Waals surface area contributed by atoms with Gasteiger partial charge < -0.3 is 10.6 Å². The summed E-state index contributed by atoms with van der Waals surface area (Å²) < 4.78 is 0. The standard InChI is InChI=1S/C22H38N4O2/c1-3-4-23-20(27)15-25-5-7-26(8-6-25)16(2)21(28)24-22-12-17-9-18(13-22)11-19(10-17)14-22/h16-19H,3-15H2,1-2H3,(H,23,27)(H,24,28)/t16-,17?,18?,19?,22?/m1/s1. The van der Waals surface area contributed by atoms with Gasteiger partial charge in [-0.3, -0.25) is 19.4 Å². The highest BCUT2D eigenvalue weighted by Gasteiger charge is 2.51. The van der Waals surface area contributed by atoms with Crippen LogP contribution in [0.4, 0.5) is 0 Å².